The van der Waals surface area contributed by atoms with Crippen molar-refractivity contribution >= 4 is 21.3 Å². The number of ether oxygens (including phenoxy) is 2. The Morgan fingerprint density at radius 1 is 1.05 bits per heavy atom. The zero-order valence-corrected chi connectivity index (χ0v) is 19.2. The lowest BCUT2D eigenvalue weighted by molar-refractivity contribution is -0.153. The SMILES string of the molecule is CS(=N)(=O)c1cccc(NC(=O)c2cc(C(F)(F)F)nnc2Oc2ccc(OCC(F)(F)F)cc2F)c1. The number of hydrogen-bond acceptors (Lipinski definition) is 7. The van der Waals surface area contributed by atoms with Crippen molar-refractivity contribution < 1.29 is 49.2 Å². The maximum Gasteiger partial charge on any atom is 0.435 e. The highest BCUT2D eigenvalue weighted by Gasteiger charge is 2.35. The summed E-state index contributed by atoms with van der Waals surface area (Å²) >= 11 is 0. The Kier molecular flexibility index (Phi) is 7.62. The molecule has 8 nitrogen and oxygen atoms in total. The van der Waals surface area contributed by atoms with E-state index in [-0.39, 0.29) is 10.6 Å². The summed E-state index contributed by atoms with van der Waals surface area (Å²) in [7, 11) is -3.18. The summed E-state index contributed by atoms with van der Waals surface area (Å²) in [6.45, 7) is -1.70. The van der Waals surface area contributed by atoms with Gasteiger partial charge in [0.1, 0.15) is 11.3 Å². The van der Waals surface area contributed by atoms with Gasteiger partial charge < -0.3 is 14.8 Å². The van der Waals surface area contributed by atoms with E-state index in [0.717, 1.165) is 18.4 Å². The summed E-state index contributed by atoms with van der Waals surface area (Å²) in [5, 5.41) is 8.39. The fourth-order valence-corrected chi connectivity index (χ4v) is 3.39. The molecule has 0 fully saturated rings. The van der Waals surface area contributed by atoms with Crippen LogP contribution < -0.4 is 14.8 Å². The van der Waals surface area contributed by atoms with Gasteiger partial charge in [0.05, 0.1) is 9.73 Å². The minimum atomic E-state index is -5.01. The number of benzene rings is 2. The molecule has 3 aromatic rings. The summed E-state index contributed by atoms with van der Waals surface area (Å²) in [5.41, 5.74) is -2.43. The van der Waals surface area contributed by atoms with E-state index in [4.69, 9.17) is 9.52 Å². The van der Waals surface area contributed by atoms with Gasteiger partial charge in [0.15, 0.2) is 23.9 Å². The third-order valence-corrected chi connectivity index (χ3v) is 5.50. The van der Waals surface area contributed by atoms with Gasteiger partial charge in [-0.3, -0.25) is 4.79 Å². The minimum absolute atomic E-state index is 0.0283. The number of nitrogens with zero attached hydrogens (tertiary/aromatic N) is 2. The van der Waals surface area contributed by atoms with E-state index < -0.39 is 69.0 Å². The fraction of sp³-hybridized carbons (Fsp3) is 0.190. The van der Waals surface area contributed by atoms with Crippen LogP contribution in [0.25, 0.3) is 0 Å². The van der Waals surface area contributed by atoms with Gasteiger partial charge in [-0.05, 0) is 36.4 Å². The molecule has 1 heterocycles. The maximum absolute atomic E-state index is 14.4. The van der Waals surface area contributed by atoms with Crippen LogP contribution in [0.3, 0.4) is 0 Å². The number of hydrogen-bond donors (Lipinski definition) is 2. The quantitative estimate of drug-likeness (QED) is 0.366. The van der Waals surface area contributed by atoms with E-state index in [1.807, 2.05) is 0 Å². The van der Waals surface area contributed by atoms with E-state index >= 15 is 0 Å². The zero-order chi connectivity index (χ0) is 27.6. The predicted molar refractivity (Wildman–Crippen MR) is 115 cm³/mol. The molecule has 0 spiro atoms. The number of aromatic nitrogens is 2. The second-order valence-electron chi connectivity index (χ2n) is 7.37. The minimum Gasteiger partial charge on any atom is -0.484 e. The lowest BCUT2D eigenvalue weighted by atomic mass is 10.2. The van der Waals surface area contributed by atoms with Crippen molar-refractivity contribution in [2.24, 2.45) is 0 Å². The van der Waals surface area contributed by atoms with Gasteiger partial charge in [0, 0.05) is 22.9 Å². The first-order chi connectivity index (χ1) is 17.0. The number of carbonyl (C=O) groups is 1. The molecule has 198 valence electrons. The van der Waals surface area contributed by atoms with Crippen molar-refractivity contribution in [2.45, 2.75) is 17.2 Å². The molecule has 37 heavy (non-hydrogen) atoms. The lowest BCUT2D eigenvalue weighted by Crippen LogP contribution is -2.19. The number of carbonyl (C=O) groups excluding carboxylic acids is 1. The Hall–Kier alpha value is -3.95. The second-order valence-corrected chi connectivity index (χ2v) is 9.53. The Bertz CT molecular complexity index is 1430. The fourth-order valence-electron chi connectivity index (χ4n) is 2.70. The van der Waals surface area contributed by atoms with Crippen molar-refractivity contribution in [3.63, 3.8) is 0 Å². The molecule has 0 aliphatic heterocycles. The summed E-state index contributed by atoms with van der Waals surface area (Å²) < 4.78 is 120. The molecule has 0 radical (unpaired) electrons. The Morgan fingerprint density at radius 3 is 2.35 bits per heavy atom. The number of halogens is 7. The Labute approximate surface area is 204 Å². The van der Waals surface area contributed by atoms with E-state index in [1.165, 1.54) is 24.3 Å². The van der Waals surface area contributed by atoms with Gasteiger partial charge in [-0.25, -0.2) is 13.4 Å². The Balaban J connectivity index is 1.93. The molecule has 1 unspecified atom stereocenters. The molecule has 3 rings (SSSR count). The van der Waals surface area contributed by atoms with Gasteiger partial charge in [-0.1, -0.05) is 6.07 Å². The van der Waals surface area contributed by atoms with E-state index in [0.29, 0.717) is 12.1 Å². The van der Waals surface area contributed by atoms with Crippen LogP contribution in [-0.4, -0.2) is 39.4 Å². The zero-order valence-electron chi connectivity index (χ0n) is 18.4. The first kappa shape index (κ1) is 27.6. The van der Waals surface area contributed by atoms with Crippen LogP contribution in [0.15, 0.2) is 53.4 Å². The summed E-state index contributed by atoms with van der Waals surface area (Å²) in [4.78, 5) is 12.8. The van der Waals surface area contributed by atoms with Crippen LogP contribution in [0.2, 0.25) is 0 Å². The highest BCUT2D eigenvalue weighted by Crippen LogP contribution is 2.33. The van der Waals surface area contributed by atoms with Crippen LogP contribution in [0.5, 0.6) is 17.4 Å². The van der Waals surface area contributed by atoms with Crippen molar-refractivity contribution in [1.29, 1.82) is 4.78 Å². The van der Waals surface area contributed by atoms with E-state index in [1.54, 1.807) is 0 Å². The third kappa shape index (κ3) is 7.52. The average Bonchev–Trinajstić information content (AvgIpc) is 2.78. The smallest absolute Gasteiger partial charge is 0.435 e. The number of anilines is 1. The molecule has 0 bridgehead atoms. The molecule has 1 amide bonds. The van der Waals surface area contributed by atoms with Crippen LogP contribution in [0.4, 0.5) is 36.4 Å². The topological polar surface area (TPSA) is 114 Å². The van der Waals surface area contributed by atoms with Crippen molar-refractivity contribution in [1.82, 2.24) is 10.2 Å². The molecule has 1 atom stereocenters. The molecule has 2 aromatic carbocycles. The van der Waals surface area contributed by atoms with Crippen LogP contribution in [0.1, 0.15) is 16.1 Å². The molecule has 1 aromatic heterocycles. The highest BCUT2D eigenvalue weighted by molar-refractivity contribution is 7.91. The van der Waals surface area contributed by atoms with Crippen LogP contribution >= 0.6 is 0 Å². The van der Waals surface area contributed by atoms with Gasteiger partial charge in [-0.2, -0.15) is 26.3 Å². The monoisotopic (exact) mass is 552 g/mol. The molecule has 16 heteroatoms. The summed E-state index contributed by atoms with van der Waals surface area (Å²) in [6.07, 6.45) is -8.57. The van der Waals surface area contributed by atoms with Crippen molar-refractivity contribution in [2.75, 3.05) is 18.2 Å². The maximum atomic E-state index is 14.4. The number of alkyl halides is 6. The molecule has 2 N–H and O–H groups in total. The highest BCUT2D eigenvalue weighted by atomic mass is 32.2. The van der Waals surface area contributed by atoms with Gasteiger partial charge in [-0.15, -0.1) is 10.2 Å². The average molecular weight is 552 g/mol. The van der Waals surface area contributed by atoms with Gasteiger partial charge >= 0.3 is 12.4 Å². The number of rotatable bonds is 7. The first-order valence-electron chi connectivity index (χ1n) is 9.80. The molecule has 0 saturated carbocycles. The largest absolute Gasteiger partial charge is 0.484 e. The molecule has 0 aliphatic rings. The van der Waals surface area contributed by atoms with Crippen molar-refractivity contribution in [3.05, 3.63) is 65.6 Å². The molecular formula is C21H15F7N4O4S. The number of amides is 1. The standard InChI is InChI=1S/C21H15F7N4O4S/c1-37(29,34)13-4-2-3-11(7-13)30-18(33)14-9-17(21(26,27)28)31-32-19(14)36-16-6-5-12(8-15(16)22)35-10-20(23,24)25/h2-9,29H,10H2,1H3,(H,30,33). The lowest BCUT2D eigenvalue weighted by Gasteiger charge is -2.14. The van der Waals surface area contributed by atoms with Crippen LogP contribution in [-0.2, 0) is 15.9 Å². The first-order valence-corrected chi connectivity index (χ1v) is 11.8. The molecule has 0 saturated heterocycles. The Morgan fingerprint density at radius 2 is 1.76 bits per heavy atom. The second kappa shape index (κ2) is 10.2. The van der Waals surface area contributed by atoms with E-state index in [2.05, 4.69) is 20.3 Å². The third-order valence-electron chi connectivity index (χ3n) is 4.35. The van der Waals surface area contributed by atoms with Gasteiger partial charge in [0.2, 0.25) is 0 Å². The van der Waals surface area contributed by atoms with Crippen molar-refractivity contribution in [3.8, 4) is 17.4 Å². The van der Waals surface area contributed by atoms with E-state index in [9.17, 15) is 39.7 Å². The molecule has 0 aliphatic carbocycles. The molecular weight excluding hydrogens is 537 g/mol. The van der Waals surface area contributed by atoms with Gasteiger partial charge in [0.25, 0.3) is 11.8 Å². The normalized spacial score (nSPS) is 13.5. The summed E-state index contributed by atoms with van der Waals surface area (Å²) in [5.74, 6) is -4.55. The predicted octanol–water partition coefficient (Wildman–Crippen LogP) is 5.66. The van der Waals surface area contributed by atoms with Crippen LogP contribution in [0, 0.1) is 10.6 Å². The summed E-state index contributed by atoms with van der Waals surface area (Å²) in [6, 6.07) is 7.73. The number of nitrogens with one attached hydrogen (secondary N) is 2.